The number of thioether (sulfide) groups is 1. The first-order valence-electron chi connectivity index (χ1n) is 6.44. The Bertz CT molecular complexity index is 709. The summed E-state index contributed by atoms with van der Waals surface area (Å²) < 4.78 is 13.6. The summed E-state index contributed by atoms with van der Waals surface area (Å²) in [5, 5.41) is 12.8. The summed E-state index contributed by atoms with van der Waals surface area (Å²) >= 11 is 1.05. The van der Waals surface area contributed by atoms with Gasteiger partial charge in [0.05, 0.1) is 10.2 Å². The molecular formula is C15H13FN2O3S. The van der Waals surface area contributed by atoms with Crippen molar-refractivity contribution in [3.8, 4) is 0 Å². The van der Waals surface area contributed by atoms with Gasteiger partial charge in [-0.25, -0.2) is 4.39 Å². The normalized spacial score (nSPS) is 11.7. The molecule has 0 aliphatic heterocycles. The smallest absolute Gasteiger partial charge is 0.292 e. The van der Waals surface area contributed by atoms with Gasteiger partial charge in [-0.3, -0.25) is 14.9 Å². The van der Waals surface area contributed by atoms with Crippen LogP contribution >= 0.6 is 11.8 Å². The maximum atomic E-state index is 13.6. The average Bonchev–Trinajstić information content (AvgIpc) is 2.49. The molecule has 0 saturated heterocycles. The van der Waals surface area contributed by atoms with Crippen molar-refractivity contribution in [3.05, 3.63) is 64.5 Å². The molecule has 2 rings (SSSR count). The van der Waals surface area contributed by atoms with Gasteiger partial charge < -0.3 is 5.32 Å². The van der Waals surface area contributed by atoms with Crippen LogP contribution in [0.3, 0.4) is 0 Å². The summed E-state index contributed by atoms with van der Waals surface area (Å²) in [6, 6.07) is 12.0. The van der Waals surface area contributed by atoms with Crippen molar-refractivity contribution in [1.82, 2.24) is 0 Å². The molecule has 22 heavy (non-hydrogen) atoms. The Labute approximate surface area is 130 Å². The molecule has 0 bridgehead atoms. The zero-order valence-corrected chi connectivity index (χ0v) is 12.5. The number of nitro benzene ring substituents is 1. The van der Waals surface area contributed by atoms with Crippen molar-refractivity contribution >= 4 is 29.0 Å². The molecule has 1 amide bonds. The minimum Gasteiger partial charge on any atom is -0.319 e. The van der Waals surface area contributed by atoms with E-state index in [1.54, 1.807) is 31.2 Å². The standard InChI is InChI=1S/C15H13FN2O3S/c1-10(22-14-9-5-2-6-11(14)16)15(19)17-12-7-3-4-8-13(12)18(20)21/h2-10H,1H3,(H,17,19)/t10-/m1/s1. The molecular weight excluding hydrogens is 307 g/mol. The SMILES string of the molecule is C[C@@H](Sc1ccccc1F)C(=O)Nc1ccccc1[N+](=O)[O-]. The number of hydrogen-bond acceptors (Lipinski definition) is 4. The van der Waals surface area contributed by atoms with Crippen LogP contribution in [0, 0.1) is 15.9 Å². The molecule has 2 aromatic rings. The van der Waals surface area contributed by atoms with E-state index in [0.717, 1.165) is 11.8 Å². The fourth-order valence-electron chi connectivity index (χ4n) is 1.76. The number of carbonyl (C=O) groups excluding carboxylic acids is 1. The number of benzene rings is 2. The van der Waals surface area contributed by atoms with Gasteiger partial charge in [-0.2, -0.15) is 0 Å². The maximum Gasteiger partial charge on any atom is 0.292 e. The topological polar surface area (TPSA) is 72.2 Å². The number of amides is 1. The van der Waals surface area contributed by atoms with E-state index in [2.05, 4.69) is 5.32 Å². The highest BCUT2D eigenvalue weighted by Crippen LogP contribution is 2.28. The van der Waals surface area contributed by atoms with Gasteiger partial charge in [0.15, 0.2) is 0 Å². The maximum absolute atomic E-state index is 13.6. The van der Waals surface area contributed by atoms with Gasteiger partial charge in [-0.1, -0.05) is 24.3 Å². The van der Waals surface area contributed by atoms with Crippen molar-refractivity contribution in [1.29, 1.82) is 0 Å². The lowest BCUT2D eigenvalue weighted by Crippen LogP contribution is -2.23. The number of carbonyl (C=O) groups is 1. The lowest BCUT2D eigenvalue weighted by molar-refractivity contribution is -0.383. The van der Waals surface area contributed by atoms with Crippen LogP contribution in [-0.2, 0) is 4.79 Å². The van der Waals surface area contributed by atoms with Crippen molar-refractivity contribution in [2.45, 2.75) is 17.1 Å². The number of nitrogens with zero attached hydrogens (tertiary/aromatic N) is 1. The van der Waals surface area contributed by atoms with Crippen LogP contribution in [0.5, 0.6) is 0 Å². The van der Waals surface area contributed by atoms with Gasteiger partial charge in [0, 0.05) is 11.0 Å². The summed E-state index contributed by atoms with van der Waals surface area (Å²) in [6.07, 6.45) is 0. The van der Waals surface area contributed by atoms with Crippen LogP contribution in [0.2, 0.25) is 0 Å². The van der Waals surface area contributed by atoms with E-state index < -0.39 is 21.9 Å². The van der Waals surface area contributed by atoms with Crippen LogP contribution in [0.1, 0.15) is 6.92 Å². The Hall–Kier alpha value is -2.41. The Morgan fingerprint density at radius 1 is 1.23 bits per heavy atom. The first-order chi connectivity index (χ1) is 10.5. The molecule has 1 N–H and O–H groups in total. The Morgan fingerprint density at radius 2 is 1.86 bits per heavy atom. The third kappa shape index (κ3) is 3.82. The molecule has 0 unspecified atom stereocenters. The lowest BCUT2D eigenvalue weighted by atomic mass is 10.2. The second-order valence-electron chi connectivity index (χ2n) is 4.45. The number of halogens is 1. The number of hydrogen-bond donors (Lipinski definition) is 1. The molecule has 0 heterocycles. The predicted molar refractivity (Wildman–Crippen MR) is 83.4 cm³/mol. The van der Waals surface area contributed by atoms with Crippen molar-refractivity contribution < 1.29 is 14.1 Å². The van der Waals surface area contributed by atoms with E-state index in [9.17, 15) is 19.3 Å². The highest BCUT2D eigenvalue weighted by molar-refractivity contribution is 8.00. The third-order valence-corrected chi connectivity index (χ3v) is 4.02. The van der Waals surface area contributed by atoms with E-state index >= 15 is 0 Å². The van der Waals surface area contributed by atoms with Crippen molar-refractivity contribution in [3.63, 3.8) is 0 Å². The third-order valence-electron chi connectivity index (χ3n) is 2.87. The van der Waals surface area contributed by atoms with E-state index in [-0.39, 0.29) is 11.4 Å². The summed E-state index contributed by atoms with van der Waals surface area (Å²) in [4.78, 5) is 22.8. The minimum absolute atomic E-state index is 0.124. The molecule has 0 fully saturated rings. The summed E-state index contributed by atoms with van der Waals surface area (Å²) in [5.74, 6) is -0.833. The van der Waals surface area contributed by atoms with Gasteiger partial charge in [0.2, 0.25) is 5.91 Å². The van der Waals surface area contributed by atoms with Crippen LogP contribution in [0.25, 0.3) is 0 Å². The molecule has 0 radical (unpaired) electrons. The lowest BCUT2D eigenvalue weighted by Gasteiger charge is -2.12. The number of nitrogens with one attached hydrogen (secondary N) is 1. The van der Waals surface area contributed by atoms with Gasteiger partial charge in [0.25, 0.3) is 5.69 Å². The van der Waals surface area contributed by atoms with E-state index in [1.807, 2.05) is 0 Å². The van der Waals surface area contributed by atoms with E-state index in [0.29, 0.717) is 4.90 Å². The van der Waals surface area contributed by atoms with Crippen LogP contribution in [0.4, 0.5) is 15.8 Å². The molecule has 7 heteroatoms. The number of nitro groups is 1. The highest BCUT2D eigenvalue weighted by atomic mass is 32.2. The summed E-state index contributed by atoms with van der Waals surface area (Å²) in [6.45, 7) is 1.61. The second-order valence-corrected chi connectivity index (χ2v) is 5.84. The molecule has 0 aliphatic carbocycles. The van der Waals surface area contributed by atoms with Crippen LogP contribution in [0.15, 0.2) is 53.4 Å². The monoisotopic (exact) mass is 320 g/mol. The molecule has 1 atom stereocenters. The first-order valence-corrected chi connectivity index (χ1v) is 7.32. The highest BCUT2D eigenvalue weighted by Gasteiger charge is 2.20. The fourth-order valence-corrected chi connectivity index (χ4v) is 2.64. The number of rotatable bonds is 5. The molecule has 2 aromatic carbocycles. The largest absolute Gasteiger partial charge is 0.319 e. The van der Waals surface area contributed by atoms with Gasteiger partial charge in [-0.05, 0) is 25.1 Å². The van der Waals surface area contributed by atoms with E-state index in [4.69, 9.17) is 0 Å². The van der Waals surface area contributed by atoms with E-state index in [1.165, 1.54) is 24.3 Å². The first kappa shape index (κ1) is 16.0. The minimum atomic E-state index is -0.600. The quantitative estimate of drug-likeness (QED) is 0.516. The summed E-state index contributed by atoms with van der Waals surface area (Å²) in [5.41, 5.74) is -0.0579. The Kier molecular flexibility index (Phi) is 5.11. The summed E-state index contributed by atoms with van der Waals surface area (Å²) in [7, 11) is 0. The average molecular weight is 320 g/mol. The Morgan fingerprint density at radius 3 is 2.55 bits per heavy atom. The molecule has 0 saturated carbocycles. The van der Waals surface area contributed by atoms with Crippen LogP contribution < -0.4 is 5.32 Å². The zero-order valence-electron chi connectivity index (χ0n) is 11.7. The van der Waals surface area contributed by atoms with Crippen molar-refractivity contribution in [2.75, 3.05) is 5.32 Å². The van der Waals surface area contributed by atoms with Crippen LogP contribution in [-0.4, -0.2) is 16.1 Å². The molecule has 0 spiro atoms. The van der Waals surface area contributed by atoms with Gasteiger partial charge in [-0.15, -0.1) is 11.8 Å². The zero-order chi connectivity index (χ0) is 16.1. The molecule has 5 nitrogen and oxygen atoms in total. The van der Waals surface area contributed by atoms with Crippen molar-refractivity contribution in [2.24, 2.45) is 0 Å². The predicted octanol–water partition coefficient (Wildman–Crippen LogP) is 3.85. The molecule has 0 aliphatic rings. The Balaban J connectivity index is 2.09. The fraction of sp³-hybridized carbons (Fsp3) is 0.133. The number of para-hydroxylation sites is 2. The van der Waals surface area contributed by atoms with Gasteiger partial charge in [0.1, 0.15) is 11.5 Å². The molecule has 114 valence electrons. The van der Waals surface area contributed by atoms with Gasteiger partial charge >= 0.3 is 0 Å². The second kappa shape index (κ2) is 7.04. The number of anilines is 1. The molecule has 0 aromatic heterocycles.